The van der Waals surface area contributed by atoms with Crippen LogP contribution < -0.4 is 0 Å². The van der Waals surface area contributed by atoms with Crippen LogP contribution in [0.25, 0.3) is 0 Å². The van der Waals surface area contributed by atoms with E-state index in [1.807, 2.05) is 0 Å². The first-order valence-corrected chi connectivity index (χ1v) is 3.17. The van der Waals surface area contributed by atoms with Crippen molar-refractivity contribution >= 4 is 5.97 Å². The summed E-state index contributed by atoms with van der Waals surface area (Å²) in [5.41, 5.74) is 0. The highest BCUT2D eigenvalue weighted by Gasteiger charge is 2.04. The second-order valence-electron chi connectivity index (χ2n) is 2.00. The smallest absolute Gasteiger partial charge is 0.303 e. The minimum atomic E-state index is -0.843. The summed E-state index contributed by atoms with van der Waals surface area (Å²) in [5, 5.41) is 8.30. The van der Waals surface area contributed by atoms with Crippen LogP contribution in [-0.2, 0) is 14.3 Å². The summed E-state index contributed by atoms with van der Waals surface area (Å²) in [7, 11) is 0. The SMILES string of the molecule is O=C(O)CCC1=COC=CO1. The molecule has 0 saturated heterocycles. The van der Waals surface area contributed by atoms with Gasteiger partial charge in [0.2, 0.25) is 0 Å². The number of carboxylic acid groups (broad SMARTS) is 1. The van der Waals surface area contributed by atoms with Gasteiger partial charge in [-0.15, -0.1) is 0 Å². The van der Waals surface area contributed by atoms with E-state index in [9.17, 15) is 4.79 Å². The molecule has 0 aromatic carbocycles. The highest BCUT2D eigenvalue weighted by atomic mass is 16.5. The van der Waals surface area contributed by atoms with E-state index in [2.05, 4.69) is 0 Å². The van der Waals surface area contributed by atoms with E-state index in [4.69, 9.17) is 14.6 Å². The molecule has 0 spiro atoms. The quantitative estimate of drug-likeness (QED) is 0.667. The van der Waals surface area contributed by atoms with Gasteiger partial charge in [-0.2, -0.15) is 0 Å². The minimum absolute atomic E-state index is 0.0586. The molecule has 1 rings (SSSR count). The molecule has 4 heteroatoms. The molecule has 0 fully saturated rings. The molecular formula is C7H8O4. The summed E-state index contributed by atoms with van der Waals surface area (Å²) in [5.74, 6) is -0.307. The van der Waals surface area contributed by atoms with Crippen molar-refractivity contribution in [2.75, 3.05) is 0 Å². The van der Waals surface area contributed by atoms with Gasteiger partial charge in [0.1, 0.15) is 24.5 Å². The van der Waals surface area contributed by atoms with Crippen molar-refractivity contribution in [3.05, 3.63) is 24.5 Å². The molecule has 0 aliphatic carbocycles. The van der Waals surface area contributed by atoms with Gasteiger partial charge in [0.05, 0.1) is 6.42 Å². The molecule has 0 aromatic heterocycles. The average molecular weight is 156 g/mol. The first-order chi connectivity index (χ1) is 5.29. The monoisotopic (exact) mass is 156 g/mol. The Labute approximate surface area is 63.7 Å². The number of allylic oxidation sites excluding steroid dienone is 1. The molecule has 0 radical (unpaired) electrons. The fraction of sp³-hybridized carbons (Fsp3) is 0.286. The van der Waals surface area contributed by atoms with E-state index >= 15 is 0 Å². The average Bonchev–Trinajstić information content (AvgIpc) is 2.03. The third-order valence-electron chi connectivity index (χ3n) is 1.14. The molecule has 1 aliphatic rings. The Balaban J connectivity index is 2.26. The van der Waals surface area contributed by atoms with Crippen LogP contribution in [0.4, 0.5) is 0 Å². The highest BCUT2D eigenvalue weighted by molar-refractivity contribution is 5.66. The Morgan fingerprint density at radius 1 is 1.55 bits per heavy atom. The number of carboxylic acids is 1. The normalized spacial score (nSPS) is 14.7. The van der Waals surface area contributed by atoms with Crippen molar-refractivity contribution in [3.63, 3.8) is 0 Å². The highest BCUT2D eigenvalue weighted by Crippen LogP contribution is 2.11. The van der Waals surface area contributed by atoms with Gasteiger partial charge in [-0.25, -0.2) is 0 Å². The summed E-state index contributed by atoms with van der Waals surface area (Å²) in [6, 6.07) is 0. The van der Waals surface area contributed by atoms with Crippen LogP contribution in [0.5, 0.6) is 0 Å². The van der Waals surface area contributed by atoms with Crippen molar-refractivity contribution in [2.45, 2.75) is 12.8 Å². The van der Waals surface area contributed by atoms with E-state index in [0.717, 1.165) is 0 Å². The largest absolute Gasteiger partial charge is 0.481 e. The molecule has 0 amide bonds. The van der Waals surface area contributed by atoms with Crippen molar-refractivity contribution in [2.24, 2.45) is 0 Å². The topological polar surface area (TPSA) is 55.8 Å². The van der Waals surface area contributed by atoms with Crippen LogP contribution >= 0.6 is 0 Å². The maximum atomic E-state index is 10.1. The van der Waals surface area contributed by atoms with Gasteiger partial charge in [0.15, 0.2) is 0 Å². The maximum Gasteiger partial charge on any atom is 0.303 e. The molecule has 4 nitrogen and oxygen atoms in total. The van der Waals surface area contributed by atoms with Crippen molar-refractivity contribution in [3.8, 4) is 0 Å². The molecule has 1 N–H and O–H groups in total. The number of carbonyl (C=O) groups is 1. The second-order valence-corrected chi connectivity index (χ2v) is 2.00. The van der Waals surface area contributed by atoms with Gasteiger partial charge in [0.25, 0.3) is 0 Å². The Morgan fingerprint density at radius 3 is 2.91 bits per heavy atom. The summed E-state index contributed by atoms with van der Waals surface area (Å²) >= 11 is 0. The Morgan fingerprint density at radius 2 is 2.36 bits per heavy atom. The van der Waals surface area contributed by atoms with Gasteiger partial charge >= 0.3 is 5.97 Å². The molecule has 0 aromatic rings. The van der Waals surface area contributed by atoms with Gasteiger partial charge in [-0.1, -0.05) is 0 Å². The zero-order chi connectivity index (χ0) is 8.10. The van der Waals surface area contributed by atoms with Gasteiger partial charge in [-0.3, -0.25) is 4.79 Å². The number of aliphatic carboxylic acids is 1. The lowest BCUT2D eigenvalue weighted by molar-refractivity contribution is -0.137. The molecular weight excluding hydrogens is 148 g/mol. The third-order valence-corrected chi connectivity index (χ3v) is 1.14. The molecule has 11 heavy (non-hydrogen) atoms. The van der Waals surface area contributed by atoms with E-state index in [0.29, 0.717) is 12.2 Å². The standard InChI is InChI=1S/C7H8O4/c8-7(9)2-1-6-5-10-3-4-11-6/h3-5H,1-2H2,(H,8,9). The van der Waals surface area contributed by atoms with E-state index < -0.39 is 5.97 Å². The van der Waals surface area contributed by atoms with Crippen LogP contribution in [0.15, 0.2) is 24.5 Å². The third kappa shape index (κ3) is 2.75. The first-order valence-electron chi connectivity index (χ1n) is 3.17. The lowest BCUT2D eigenvalue weighted by Crippen LogP contribution is -1.98. The summed E-state index contributed by atoms with van der Waals surface area (Å²) < 4.78 is 9.67. The summed E-state index contributed by atoms with van der Waals surface area (Å²) in [6.07, 6.45) is 4.56. The number of rotatable bonds is 3. The van der Waals surface area contributed by atoms with Gasteiger partial charge in [-0.05, 0) is 0 Å². The molecule has 0 saturated carbocycles. The number of hydrogen-bond donors (Lipinski definition) is 1. The Kier molecular flexibility index (Phi) is 2.54. The van der Waals surface area contributed by atoms with Crippen molar-refractivity contribution in [1.29, 1.82) is 0 Å². The molecule has 60 valence electrons. The lowest BCUT2D eigenvalue weighted by atomic mass is 10.3. The number of hydrogen-bond acceptors (Lipinski definition) is 3. The van der Waals surface area contributed by atoms with Crippen LogP contribution in [0.3, 0.4) is 0 Å². The van der Waals surface area contributed by atoms with Gasteiger partial charge < -0.3 is 14.6 Å². The zero-order valence-corrected chi connectivity index (χ0v) is 5.82. The van der Waals surface area contributed by atoms with Crippen LogP contribution in [0.1, 0.15) is 12.8 Å². The summed E-state index contributed by atoms with van der Waals surface area (Å²) in [6.45, 7) is 0. The fourth-order valence-electron chi connectivity index (χ4n) is 0.638. The zero-order valence-electron chi connectivity index (χ0n) is 5.82. The van der Waals surface area contributed by atoms with Crippen LogP contribution in [0.2, 0.25) is 0 Å². The second kappa shape index (κ2) is 3.65. The van der Waals surface area contributed by atoms with Crippen molar-refractivity contribution < 1.29 is 19.4 Å². The summed E-state index contributed by atoms with van der Waals surface area (Å²) in [4.78, 5) is 10.1. The Hall–Kier alpha value is -1.45. The molecule has 0 atom stereocenters. The fourth-order valence-corrected chi connectivity index (χ4v) is 0.638. The molecule has 1 aliphatic heterocycles. The van der Waals surface area contributed by atoms with E-state index in [1.54, 1.807) is 0 Å². The minimum Gasteiger partial charge on any atom is -0.481 e. The van der Waals surface area contributed by atoms with Gasteiger partial charge in [0, 0.05) is 6.42 Å². The molecule has 0 unspecified atom stereocenters. The predicted octanol–water partition coefficient (Wildman–Crippen LogP) is 1.21. The first kappa shape index (κ1) is 7.65. The lowest BCUT2D eigenvalue weighted by Gasteiger charge is -2.07. The number of ether oxygens (including phenoxy) is 2. The van der Waals surface area contributed by atoms with Crippen LogP contribution in [-0.4, -0.2) is 11.1 Å². The Bertz CT molecular complexity index is 204. The van der Waals surface area contributed by atoms with Crippen LogP contribution in [0, 0.1) is 0 Å². The molecule has 0 bridgehead atoms. The predicted molar refractivity (Wildman–Crippen MR) is 36.3 cm³/mol. The molecule has 1 heterocycles. The van der Waals surface area contributed by atoms with Crippen molar-refractivity contribution in [1.82, 2.24) is 0 Å². The maximum absolute atomic E-state index is 10.1. The van der Waals surface area contributed by atoms with E-state index in [1.165, 1.54) is 18.8 Å². The van der Waals surface area contributed by atoms with E-state index in [-0.39, 0.29) is 6.42 Å².